The molecule has 3 aromatic carbocycles. The van der Waals surface area contributed by atoms with Crippen molar-refractivity contribution in [2.24, 2.45) is 0 Å². The highest BCUT2D eigenvalue weighted by Crippen LogP contribution is 2.27. The number of nitrogens with zero attached hydrogens (tertiary/aromatic N) is 3. The van der Waals surface area contributed by atoms with E-state index in [0.29, 0.717) is 22.7 Å². The Hall–Kier alpha value is -4.26. The first-order chi connectivity index (χ1) is 14.6. The maximum absolute atomic E-state index is 11.8. The molecule has 0 saturated carbocycles. The summed E-state index contributed by atoms with van der Waals surface area (Å²) >= 11 is 0. The van der Waals surface area contributed by atoms with E-state index in [0.717, 1.165) is 22.4 Å². The summed E-state index contributed by atoms with van der Waals surface area (Å²) in [6, 6.07) is 23.1. The molecular formula is C23H17N5O2. The molecular weight excluding hydrogens is 378 g/mol. The van der Waals surface area contributed by atoms with Crippen LogP contribution < -0.4 is 11.1 Å². The largest absolute Gasteiger partial charge is 0.316 e. The minimum absolute atomic E-state index is 0.525. The van der Waals surface area contributed by atoms with Gasteiger partial charge in [-0.25, -0.2) is 9.67 Å². The molecule has 5 rings (SSSR count). The van der Waals surface area contributed by atoms with Crippen LogP contribution in [0.4, 0.5) is 0 Å². The molecule has 2 heterocycles. The third-order valence-corrected chi connectivity index (χ3v) is 4.87. The van der Waals surface area contributed by atoms with Crippen molar-refractivity contribution in [3.05, 3.63) is 99.1 Å². The number of nitrogens with one attached hydrogen (secondary N) is 2. The Kier molecular flexibility index (Phi) is 4.14. The predicted molar refractivity (Wildman–Crippen MR) is 116 cm³/mol. The highest BCUT2D eigenvalue weighted by atomic mass is 16.2. The van der Waals surface area contributed by atoms with E-state index in [2.05, 4.69) is 9.97 Å². The summed E-state index contributed by atoms with van der Waals surface area (Å²) in [5.41, 5.74) is 3.37. The molecule has 7 heteroatoms. The van der Waals surface area contributed by atoms with Gasteiger partial charge in [-0.2, -0.15) is 0 Å². The molecule has 2 N–H and O–H groups in total. The Bertz CT molecular complexity index is 1500. The van der Waals surface area contributed by atoms with Crippen LogP contribution >= 0.6 is 0 Å². The normalized spacial score (nSPS) is 11.1. The molecule has 0 unspecified atom stereocenters. The third-order valence-electron chi connectivity index (χ3n) is 4.87. The van der Waals surface area contributed by atoms with Crippen molar-refractivity contribution in [3.8, 4) is 28.5 Å². The van der Waals surface area contributed by atoms with E-state index < -0.39 is 11.1 Å². The van der Waals surface area contributed by atoms with Crippen molar-refractivity contribution >= 4 is 11.0 Å². The number of aryl methyl sites for hydroxylation is 1. The van der Waals surface area contributed by atoms with Crippen molar-refractivity contribution in [2.75, 3.05) is 0 Å². The zero-order valence-corrected chi connectivity index (χ0v) is 16.1. The SMILES string of the molecule is Cc1cccc(-n2nc(-c3ccccc3)nc2-c2ccc3[nH]c(=O)c(=O)[nH]c3c2)c1. The molecule has 0 amide bonds. The molecule has 7 nitrogen and oxygen atoms in total. The highest BCUT2D eigenvalue weighted by molar-refractivity contribution is 5.80. The molecule has 5 aromatic rings. The van der Waals surface area contributed by atoms with Crippen LogP contribution in [0.2, 0.25) is 0 Å². The number of aromatic nitrogens is 5. The zero-order chi connectivity index (χ0) is 20.7. The van der Waals surface area contributed by atoms with Gasteiger partial charge in [-0.15, -0.1) is 5.10 Å². The van der Waals surface area contributed by atoms with E-state index in [9.17, 15) is 9.59 Å². The van der Waals surface area contributed by atoms with Crippen LogP contribution in [0.1, 0.15) is 5.56 Å². The van der Waals surface area contributed by atoms with Crippen molar-refractivity contribution in [1.29, 1.82) is 0 Å². The van der Waals surface area contributed by atoms with Gasteiger partial charge in [0.1, 0.15) is 0 Å². The van der Waals surface area contributed by atoms with Gasteiger partial charge in [0.15, 0.2) is 11.6 Å². The molecule has 0 aliphatic rings. The van der Waals surface area contributed by atoms with Crippen LogP contribution in [0.25, 0.3) is 39.5 Å². The monoisotopic (exact) mass is 395 g/mol. The molecule has 0 saturated heterocycles. The average molecular weight is 395 g/mol. The van der Waals surface area contributed by atoms with E-state index in [4.69, 9.17) is 10.1 Å². The first kappa shape index (κ1) is 17.8. The molecule has 0 radical (unpaired) electrons. The van der Waals surface area contributed by atoms with Gasteiger partial charge in [0.05, 0.1) is 16.7 Å². The summed E-state index contributed by atoms with van der Waals surface area (Å²) < 4.78 is 1.79. The summed E-state index contributed by atoms with van der Waals surface area (Å²) in [6.07, 6.45) is 0. The van der Waals surface area contributed by atoms with Crippen LogP contribution in [-0.4, -0.2) is 24.7 Å². The quantitative estimate of drug-likeness (QED) is 0.457. The molecule has 0 fully saturated rings. The topological polar surface area (TPSA) is 96.4 Å². The third kappa shape index (κ3) is 3.12. The lowest BCUT2D eigenvalue weighted by molar-refractivity contribution is 0.889. The maximum atomic E-state index is 11.8. The molecule has 146 valence electrons. The molecule has 0 aliphatic carbocycles. The van der Waals surface area contributed by atoms with Crippen LogP contribution in [-0.2, 0) is 0 Å². The smallest absolute Gasteiger partial charge is 0.314 e. The lowest BCUT2D eigenvalue weighted by Crippen LogP contribution is -2.28. The zero-order valence-electron chi connectivity index (χ0n) is 16.1. The van der Waals surface area contributed by atoms with Gasteiger partial charge >= 0.3 is 11.1 Å². The van der Waals surface area contributed by atoms with E-state index in [-0.39, 0.29) is 0 Å². The second-order valence-corrected chi connectivity index (χ2v) is 7.04. The standard InChI is InChI=1S/C23H17N5O2/c1-14-6-5-9-17(12-14)28-21(26-20(27-28)15-7-3-2-4-8-15)16-10-11-18-19(13-16)25-23(30)22(29)24-18/h2-13H,1H3,(H,24,29)(H,25,30). The number of hydrogen-bond acceptors (Lipinski definition) is 4. The van der Waals surface area contributed by atoms with Crippen molar-refractivity contribution in [3.63, 3.8) is 0 Å². The van der Waals surface area contributed by atoms with Crippen LogP contribution in [0.15, 0.2) is 82.4 Å². The van der Waals surface area contributed by atoms with Gasteiger partial charge in [-0.05, 0) is 42.8 Å². The Morgan fingerprint density at radius 1 is 0.767 bits per heavy atom. The van der Waals surface area contributed by atoms with Gasteiger partial charge in [0.25, 0.3) is 0 Å². The number of H-pyrrole nitrogens is 2. The summed E-state index contributed by atoms with van der Waals surface area (Å²) in [6.45, 7) is 2.02. The number of aromatic amines is 2. The Morgan fingerprint density at radius 3 is 2.30 bits per heavy atom. The number of hydrogen-bond donors (Lipinski definition) is 2. The van der Waals surface area contributed by atoms with Crippen molar-refractivity contribution < 1.29 is 0 Å². The van der Waals surface area contributed by atoms with E-state index in [1.165, 1.54) is 0 Å². The maximum Gasteiger partial charge on any atom is 0.314 e. The van der Waals surface area contributed by atoms with E-state index in [1.54, 1.807) is 16.8 Å². The first-order valence-corrected chi connectivity index (χ1v) is 9.45. The number of fused-ring (bicyclic) bond motifs is 1. The van der Waals surface area contributed by atoms with Crippen LogP contribution in [0.3, 0.4) is 0 Å². The van der Waals surface area contributed by atoms with E-state index >= 15 is 0 Å². The Balaban J connectivity index is 1.75. The fourth-order valence-electron chi connectivity index (χ4n) is 3.40. The van der Waals surface area contributed by atoms with Gasteiger partial charge in [-0.1, -0.05) is 42.5 Å². The lowest BCUT2D eigenvalue weighted by Gasteiger charge is -2.07. The molecule has 0 bridgehead atoms. The lowest BCUT2D eigenvalue weighted by atomic mass is 10.1. The van der Waals surface area contributed by atoms with E-state index in [1.807, 2.05) is 67.6 Å². The summed E-state index contributed by atoms with van der Waals surface area (Å²) in [5.74, 6) is 1.23. The van der Waals surface area contributed by atoms with Gasteiger partial charge in [0, 0.05) is 11.1 Å². The first-order valence-electron chi connectivity index (χ1n) is 9.45. The second kappa shape index (κ2) is 6.97. The molecule has 2 aromatic heterocycles. The number of benzene rings is 3. The predicted octanol–water partition coefficient (Wildman–Crippen LogP) is 3.44. The summed E-state index contributed by atoms with van der Waals surface area (Å²) in [4.78, 5) is 33.3. The second-order valence-electron chi connectivity index (χ2n) is 7.04. The number of rotatable bonds is 3. The van der Waals surface area contributed by atoms with Crippen LogP contribution in [0.5, 0.6) is 0 Å². The fraction of sp³-hybridized carbons (Fsp3) is 0.0435. The van der Waals surface area contributed by atoms with Crippen molar-refractivity contribution in [2.45, 2.75) is 6.92 Å². The summed E-state index contributed by atoms with van der Waals surface area (Å²) in [5, 5.41) is 4.76. The van der Waals surface area contributed by atoms with Gasteiger partial charge < -0.3 is 9.97 Å². The average Bonchev–Trinajstić information content (AvgIpc) is 3.20. The fourth-order valence-corrected chi connectivity index (χ4v) is 3.40. The van der Waals surface area contributed by atoms with Gasteiger partial charge in [-0.3, -0.25) is 9.59 Å². The Labute approximate surface area is 170 Å². The van der Waals surface area contributed by atoms with Crippen LogP contribution in [0, 0.1) is 6.92 Å². The minimum atomic E-state index is -0.690. The highest BCUT2D eigenvalue weighted by Gasteiger charge is 2.16. The minimum Gasteiger partial charge on any atom is -0.316 e. The molecule has 30 heavy (non-hydrogen) atoms. The summed E-state index contributed by atoms with van der Waals surface area (Å²) in [7, 11) is 0. The molecule has 0 aliphatic heterocycles. The molecule has 0 spiro atoms. The Morgan fingerprint density at radius 2 is 1.53 bits per heavy atom. The van der Waals surface area contributed by atoms with Gasteiger partial charge in [0.2, 0.25) is 0 Å². The molecule has 0 atom stereocenters. The van der Waals surface area contributed by atoms with Crippen molar-refractivity contribution in [1.82, 2.24) is 24.7 Å².